The van der Waals surface area contributed by atoms with Crippen LogP contribution in [0.25, 0.3) is 0 Å². The molecule has 1 amide bonds. The van der Waals surface area contributed by atoms with E-state index in [1.54, 1.807) is 0 Å². The summed E-state index contributed by atoms with van der Waals surface area (Å²) in [5.41, 5.74) is 5.89. The van der Waals surface area contributed by atoms with Crippen LogP contribution in [0.15, 0.2) is 0 Å². The number of hydrogen-bond acceptors (Lipinski definition) is 3. The number of rotatable bonds is 3. The van der Waals surface area contributed by atoms with Crippen LogP contribution in [0.3, 0.4) is 0 Å². The fraction of sp³-hybridized carbons (Fsp3) is 0.917. The molecule has 1 aliphatic heterocycles. The first-order chi connectivity index (χ1) is 7.59. The van der Waals surface area contributed by atoms with Gasteiger partial charge in [0, 0.05) is 32.2 Å². The average molecular weight is 225 g/mol. The van der Waals surface area contributed by atoms with E-state index in [2.05, 4.69) is 4.90 Å². The lowest BCUT2D eigenvalue weighted by Crippen LogP contribution is -2.54. The molecule has 1 heterocycles. The molecular formula is C12H23N3O. The molecule has 2 fully saturated rings. The highest BCUT2D eigenvalue weighted by Gasteiger charge is 2.33. The van der Waals surface area contributed by atoms with E-state index < -0.39 is 0 Å². The summed E-state index contributed by atoms with van der Waals surface area (Å²) >= 11 is 0. The summed E-state index contributed by atoms with van der Waals surface area (Å²) in [7, 11) is 0. The van der Waals surface area contributed by atoms with Crippen molar-refractivity contribution in [3.05, 3.63) is 0 Å². The van der Waals surface area contributed by atoms with Gasteiger partial charge in [0.05, 0.1) is 6.04 Å². The lowest BCUT2D eigenvalue weighted by atomic mass is 10.0. The Balaban J connectivity index is 1.81. The molecule has 0 spiro atoms. The van der Waals surface area contributed by atoms with Crippen LogP contribution in [0.1, 0.15) is 26.7 Å². The average Bonchev–Trinajstić information content (AvgIpc) is 3.11. The van der Waals surface area contributed by atoms with Crippen LogP contribution in [-0.2, 0) is 4.79 Å². The summed E-state index contributed by atoms with van der Waals surface area (Å²) in [4.78, 5) is 16.5. The first-order valence-electron chi connectivity index (χ1n) is 6.38. The number of nitrogens with zero attached hydrogens (tertiary/aromatic N) is 2. The molecule has 0 aromatic rings. The van der Waals surface area contributed by atoms with E-state index in [1.165, 1.54) is 12.8 Å². The molecule has 92 valence electrons. The maximum Gasteiger partial charge on any atom is 0.239 e. The zero-order chi connectivity index (χ0) is 11.7. The molecule has 2 aliphatic rings. The quantitative estimate of drug-likeness (QED) is 0.750. The first-order valence-corrected chi connectivity index (χ1v) is 6.38. The van der Waals surface area contributed by atoms with E-state index in [1.807, 2.05) is 18.7 Å². The maximum atomic E-state index is 12.0. The van der Waals surface area contributed by atoms with Crippen LogP contribution in [0.4, 0.5) is 0 Å². The van der Waals surface area contributed by atoms with Gasteiger partial charge in [0.25, 0.3) is 0 Å². The number of carbonyl (C=O) groups excluding carboxylic acids is 1. The predicted molar refractivity (Wildman–Crippen MR) is 64.0 cm³/mol. The molecule has 4 nitrogen and oxygen atoms in total. The van der Waals surface area contributed by atoms with Crippen molar-refractivity contribution in [2.24, 2.45) is 11.7 Å². The summed E-state index contributed by atoms with van der Waals surface area (Å²) in [6.07, 6.45) is 2.69. The highest BCUT2D eigenvalue weighted by molar-refractivity contribution is 5.82. The van der Waals surface area contributed by atoms with Gasteiger partial charge in [-0.2, -0.15) is 0 Å². The van der Waals surface area contributed by atoms with Gasteiger partial charge in [0.2, 0.25) is 5.91 Å². The molecule has 1 aliphatic carbocycles. The summed E-state index contributed by atoms with van der Waals surface area (Å²) in [6.45, 7) is 7.78. The zero-order valence-electron chi connectivity index (χ0n) is 10.4. The van der Waals surface area contributed by atoms with Gasteiger partial charge in [-0.3, -0.25) is 9.69 Å². The number of hydrogen-bond donors (Lipinski definition) is 1. The lowest BCUT2D eigenvalue weighted by Gasteiger charge is -2.36. The molecule has 4 heteroatoms. The van der Waals surface area contributed by atoms with E-state index >= 15 is 0 Å². The van der Waals surface area contributed by atoms with Crippen molar-refractivity contribution >= 4 is 5.91 Å². The van der Waals surface area contributed by atoms with E-state index in [9.17, 15) is 4.79 Å². The Morgan fingerprint density at radius 2 is 1.75 bits per heavy atom. The Kier molecular flexibility index (Phi) is 3.50. The van der Waals surface area contributed by atoms with Gasteiger partial charge >= 0.3 is 0 Å². The van der Waals surface area contributed by atoms with Gasteiger partial charge in [-0.05, 0) is 18.8 Å². The van der Waals surface area contributed by atoms with Gasteiger partial charge < -0.3 is 10.6 Å². The Bertz CT molecular complexity index is 255. The maximum absolute atomic E-state index is 12.0. The molecule has 1 saturated carbocycles. The standard InChI is InChI=1S/C12H23N3O/c1-9(2)11(13)12(16)15-7-5-14(6-8-15)10-3-4-10/h9-11H,3-8,13H2,1-2H3. The van der Waals surface area contributed by atoms with Crippen LogP contribution >= 0.6 is 0 Å². The van der Waals surface area contributed by atoms with Crippen molar-refractivity contribution in [3.8, 4) is 0 Å². The molecule has 2 N–H and O–H groups in total. The van der Waals surface area contributed by atoms with Gasteiger partial charge in [-0.1, -0.05) is 13.8 Å². The third kappa shape index (κ3) is 2.55. The van der Waals surface area contributed by atoms with Crippen molar-refractivity contribution in [2.45, 2.75) is 38.8 Å². The fourth-order valence-electron chi connectivity index (χ4n) is 2.24. The normalized spacial score (nSPS) is 24.9. The minimum Gasteiger partial charge on any atom is -0.339 e. The molecule has 0 aromatic carbocycles. The SMILES string of the molecule is CC(C)C(N)C(=O)N1CCN(C2CC2)CC1. The minimum absolute atomic E-state index is 0.130. The second-order valence-corrected chi connectivity index (χ2v) is 5.36. The lowest BCUT2D eigenvalue weighted by molar-refractivity contribution is -0.135. The predicted octanol–water partition coefficient (Wildman–Crippen LogP) is 0.276. The molecule has 2 rings (SSSR count). The van der Waals surface area contributed by atoms with Crippen molar-refractivity contribution < 1.29 is 4.79 Å². The molecule has 1 atom stereocenters. The van der Waals surface area contributed by atoms with E-state index in [-0.39, 0.29) is 17.9 Å². The zero-order valence-corrected chi connectivity index (χ0v) is 10.4. The summed E-state index contributed by atoms with van der Waals surface area (Å²) in [5.74, 6) is 0.361. The van der Waals surface area contributed by atoms with Gasteiger partial charge in [0.1, 0.15) is 0 Å². The molecule has 1 unspecified atom stereocenters. The van der Waals surface area contributed by atoms with E-state index in [4.69, 9.17) is 5.73 Å². The molecule has 0 bridgehead atoms. The highest BCUT2D eigenvalue weighted by Crippen LogP contribution is 2.27. The number of amides is 1. The van der Waals surface area contributed by atoms with Crippen molar-refractivity contribution in [2.75, 3.05) is 26.2 Å². The largest absolute Gasteiger partial charge is 0.339 e. The van der Waals surface area contributed by atoms with Crippen LogP contribution in [0.2, 0.25) is 0 Å². The second-order valence-electron chi connectivity index (χ2n) is 5.36. The Morgan fingerprint density at radius 1 is 1.19 bits per heavy atom. The Hall–Kier alpha value is -0.610. The van der Waals surface area contributed by atoms with Crippen molar-refractivity contribution in [1.82, 2.24) is 9.80 Å². The summed E-state index contributed by atoms with van der Waals surface area (Å²) < 4.78 is 0. The van der Waals surface area contributed by atoms with Crippen LogP contribution in [0.5, 0.6) is 0 Å². The molecule has 0 aromatic heterocycles. The molecule has 0 radical (unpaired) electrons. The smallest absolute Gasteiger partial charge is 0.239 e. The third-order valence-electron chi connectivity index (χ3n) is 3.69. The van der Waals surface area contributed by atoms with Gasteiger partial charge in [-0.15, -0.1) is 0 Å². The van der Waals surface area contributed by atoms with Gasteiger partial charge in [0.15, 0.2) is 0 Å². The van der Waals surface area contributed by atoms with Crippen molar-refractivity contribution in [1.29, 1.82) is 0 Å². The van der Waals surface area contributed by atoms with Crippen molar-refractivity contribution in [3.63, 3.8) is 0 Å². The third-order valence-corrected chi connectivity index (χ3v) is 3.69. The number of nitrogens with two attached hydrogens (primary N) is 1. The minimum atomic E-state index is -0.326. The van der Waals surface area contributed by atoms with E-state index in [0.717, 1.165) is 32.2 Å². The van der Waals surface area contributed by atoms with Gasteiger partial charge in [-0.25, -0.2) is 0 Å². The van der Waals surface area contributed by atoms with Crippen LogP contribution in [-0.4, -0.2) is 54.0 Å². The van der Waals surface area contributed by atoms with E-state index in [0.29, 0.717) is 0 Å². The topological polar surface area (TPSA) is 49.6 Å². The molecule has 1 saturated heterocycles. The summed E-state index contributed by atoms with van der Waals surface area (Å²) in [6, 6.07) is 0.489. The number of piperazine rings is 1. The summed E-state index contributed by atoms with van der Waals surface area (Å²) in [5, 5.41) is 0. The highest BCUT2D eigenvalue weighted by atomic mass is 16.2. The van der Waals surface area contributed by atoms with Crippen LogP contribution < -0.4 is 5.73 Å². The Morgan fingerprint density at radius 3 is 2.19 bits per heavy atom. The molecular weight excluding hydrogens is 202 g/mol. The number of carbonyl (C=O) groups is 1. The Labute approximate surface area is 97.8 Å². The second kappa shape index (κ2) is 4.72. The molecule has 16 heavy (non-hydrogen) atoms. The fourth-order valence-corrected chi connectivity index (χ4v) is 2.24. The first kappa shape index (κ1) is 11.9. The van der Waals surface area contributed by atoms with Crippen LogP contribution in [0, 0.1) is 5.92 Å². The monoisotopic (exact) mass is 225 g/mol.